The van der Waals surface area contributed by atoms with Crippen molar-refractivity contribution < 1.29 is 13.2 Å². The molecule has 2 aromatic carbocycles. The van der Waals surface area contributed by atoms with Gasteiger partial charge >= 0.3 is 0 Å². The lowest BCUT2D eigenvalue weighted by atomic mass is 10.1. The van der Waals surface area contributed by atoms with E-state index in [-0.39, 0.29) is 11.9 Å². The number of nitrogens with two attached hydrogens (primary N) is 1. The highest BCUT2D eigenvalue weighted by atomic mass is 32.2. The number of aryl methyl sites for hydroxylation is 1. The minimum Gasteiger partial charge on any atom is -0.491 e. The van der Waals surface area contributed by atoms with Gasteiger partial charge in [0.15, 0.2) is 0 Å². The van der Waals surface area contributed by atoms with Crippen LogP contribution in [-0.4, -0.2) is 31.4 Å². The first-order chi connectivity index (χ1) is 14.4. The maximum absolute atomic E-state index is 12.2. The molecule has 1 saturated heterocycles. The van der Waals surface area contributed by atoms with Crippen molar-refractivity contribution in [3.63, 3.8) is 0 Å². The molecule has 0 amide bonds. The number of anilines is 2. The zero-order valence-electron chi connectivity index (χ0n) is 17.8. The van der Waals surface area contributed by atoms with Gasteiger partial charge in [-0.2, -0.15) is 0 Å². The van der Waals surface area contributed by atoms with Crippen molar-refractivity contribution in [3.05, 3.63) is 42.5 Å². The second kappa shape index (κ2) is 7.87. The Balaban J connectivity index is 1.75. The molecule has 6 nitrogen and oxygen atoms in total. The molecule has 0 spiro atoms. The number of aromatic nitrogens is 1. The summed E-state index contributed by atoms with van der Waals surface area (Å²) in [5.74, 6) is 1.05. The van der Waals surface area contributed by atoms with Crippen molar-refractivity contribution in [2.24, 2.45) is 0 Å². The number of rotatable bonds is 6. The Morgan fingerprint density at radius 2 is 1.87 bits per heavy atom. The van der Waals surface area contributed by atoms with Crippen LogP contribution in [0.1, 0.15) is 33.6 Å². The molecule has 0 saturated carbocycles. The number of nitrogen functional groups attached to an aromatic ring is 1. The second-order valence-corrected chi connectivity index (χ2v) is 9.82. The first-order valence-electron chi connectivity index (χ1n) is 10.5. The van der Waals surface area contributed by atoms with Crippen molar-refractivity contribution >= 4 is 32.3 Å². The van der Waals surface area contributed by atoms with Gasteiger partial charge in [0.2, 0.25) is 10.0 Å². The van der Waals surface area contributed by atoms with Gasteiger partial charge in [-0.05, 0) is 51.0 Å². The predicted molar refractivity (Wildman–Crippen MR) is 124 cm³/mol. The highest BCUT2D eigenvalue weighted by Crippen LogP contribution is 2.38. The summed E-state index contributed by atoms with van der Waals surface area (Å²) in [5.41, 5.74) is 10.9. The molecule has 1 aliphatic heterocycles. The molecular weight excluding hydrogens is 398 g/mol. The zero-order valence-corrected chi connectivity index (χ0v) is 18.6. The maximum atomic E-state index is 12.2. The van der Waals surface area contributed by atoms with Crippen molar-refractivity contribution in [1.82, 2.24) is 4.57 Å². The Morgan fingerprint density at radius 1 is 1.13 bits per heavy atom. The Bertz CT molecular complexity index is 1170. The molecule has 0 bridgehead atoms. The summed E-state index contributed by atoms with van der Waals surface area (Å²) in [6.07, 6.45) is 1.76. The van der Waals surface area contributed by atoms with E-state index in [0.717, 1.165) is 46.6 Å². The first kappa shape index (κ1) is 20.6. The fourth-order valence-corrected chi connectivity index (χ4v) is 5.66. The van der Waals surface area contributed by atoms with E-state index in [2.05, 4.69) is 31.4 Å². The molecule has 7 heteroatoms. The van der Waals surface area contributed by atoms with Gasteiger partial charge in [-0.15, -0.1) is 0 Å². The Kier molecular flexibility index (Phi) is 5.40. The van der Waals surface area contributed by atoms with Crippen LogP contribution in [0.4, 0.5) is 11.4 Å². The standard InChI is InChI=1S/C23H29N3O3S/c1-4-16(3)29-19-11-12-20-21(15-19)25(5-2)23(22(20)24)17-7-9-18(10-8-17)26-13-6-14-30(26,27)28/h7-12,15-16H,4-6,13-14,24H2,1-3H3/t16-/m1/s1. The largest absolute Gasteiger partial charge is 0.491 e. The monoisotopic (exact) mass is 427 g/mol. The van der Waals surface area contributed by atoms with Crippen LogP contribution in [0.2, 0.25) is 0 Å². The van der Waals surface area contributed by atoms with Crippen LogP contribution in [0.3, 0.4) is 0 Å². The normalized spacial score (nSPS) is 16.8. The summed E-state index contributed by atoms with van der Waals surface area (Å²) in [6.45, 7) is 7.56. The van der Waals surface area contributed by atoms with Crippen LogP contribution in [-0.2, 0) is 16.6 Å². The summed E-state index contributed by atoms with van der Waals surface area (Å²) >= 11 is 0. The highest BCUT2D eigenvalue weighted by molar-refractivity contribution is 7.93. The smallest absolute Gasteiger partial charge is 0.235 e. The van der Waals surface area contributed by atoms with E-state index < -0.39 is 10.0 Å². The van der Waals surface area contributed by atoms with Crippen LogP contribution in [0.15, 0.2) is 42.5 Å². The summed E-state index contributed by atoms with van der Waals surface area (Å²) < 4.78 is 34.1. The quantitative estimate of drug-likeness (QED) is 0.622. The topological polar surface area (TPSA) is 77.6 Å². The lowest BCUT2D eigenvalue weighted by Crippen LogP contribution is -2.24. The van der Waals surface area contributed by atoms with E-state index in [1.807, 2.05) is 36.4 Å². The van der Waals surface area contributed by atoms with Gasteiger partial charge in [0.1, 0.15) is 5.75 Å². The number of nitrogens with zero attached hydrogens (tertiary/aromatic N) is 2. The van der Waals surface area contributed by atoms with Crippen molar-refractivity contribution in [1.29, 1.82) is 0 Å². The molecule has 4 rings (SSSR count). The van der Waals surface area contributed by atoms with Crippen LogP contribution in [0.5, 0.6) is 5.75 Å². The van der Waals surface area contributed by atoms with Crippen LogP contribution in [0.25, 0.3) is 22.2 Å². The number of sulfonamides is 1. The molecule has 3 aromatic rings. The predicted octanol–water partition coefficient (Wildman–Crippen LogP) is 4.63. The maximum Gasteiger partial charge on any atom is 0.235 e. The lowest BCUT2D eigenvalue weighted by molar-refractivity contribution is 0.217. The Labute approximate surface area is 178 Å². The molecule has 2 N–H and O–H groups in total. The van der Waals surface area contributed by atoms with E-state index >= 15 is 0 Å². The SMILES string of the molecule is CC[C@@H](C)Oc1ccc2c(N)c(-c3ccc(N4CCCS4(=O)=O)cc3)n(CC)c2c1. The van der Waals surface area contributed by atoms with Crippen LogP contribution in [0, 0.1) is 0 Å². The van der Waals surface area contributed by atoms with Gasteiger partial charge in [0.25, 0.3) is 0 Å². The summed E-state index contributed by atoms with van der Waals surface area (Å²) in [5, 5.41) is 0.995. The van der Waals surface area contributed by atoms with Crippen molar-refractivity contribution in [2.45, 2.75) is 46.3 Å². The average Bonchev–Trinajstić information content (AvgIpc) is 3.23. The minimum atomic E-state index is -3.19. The number of ether oxygens (including phenoxy) is 1. The van der Waals surface area contributed by atoms with E-state index in [0.29, 0.717) is 18.7 Å². The minimum absolute atomic E-state index is 0.152. The van der Waals surface area contributed by atoms with Gasteiger partial charge in [-0.3, -0.25) is 4.31 Å². The molecule has 0 unspecified atom stereocenters. The van der Waals surface area contributed by atoms with Gasteiger partial charge in [0, 0.05) is 30.1 Å². The van der Waals surface area contributed by atoms with Gasteiger partial charge in [-0.25, -0.2) is 8.42 Å². The third kappa shape index (κ3) is 3.51. The molecule has 1 aromatic heterocycles. The van der Waals surface area contributed by atoms with E-state index in [1.54, 1.807) is 0 Å². The van der Waals surface area contributed by atoms with Crippen LogP contribution >= 0.6 is 0 Å². The Hall–Kier alpha value is -2.67. The van der Waals surface area contributed by atoms with Crippen molar-refractivity contribution in [2.75, 3.05) is 22.3 Å². The second-order valence-electron chi connectivity index (χ2n) is 7.81. The van der Waals surface area contributed by atoms with Gasteiger partial charge < -0.3 is 15.0 Å². The Morgan fingerprint density at radius 3 is 2.47 bits per heavy atom. The molecule has 2 heterocycles. The van der Waals surface area contributed by atoms with E-state index in [9.17, 15) is 8.42 Å². The van der Waals surface area contributed by atoms with Crippen molar-refractivity contribution in [3.8, 4) is 17.0 Å². The van der Waals surface area contributed by atoms with E-state index in [4.69, 9.17) is 10.5 Å². The first-order valence-corrected chi connectivity index (χ1v) is 12.2. The fourth-order valence-electron chi connectivity index (χ4n) is 4.10. The molecule has 160 valence electrons. The fraction of sp³-hybridized carbons (Fsp3) is 0.391. The summed E-state index contributed by atoms with van der Waals surface area (Å²) in [6, 6.07) is 13.7. The lowest BCUT2D eigenvalue weighted by Gasteiger charge is -2.17. The number of hydrogen-bond acceptors (Lipinski definition) is 4. The number of hydrogen-bond donors (Lipinski definition) is 1. The molecule has 0 radical (unpaired) electrons. The van der Waals surface area contributed by atoms with Gasteiger partial charge in [0.05, 0.1) is 34.4 Å². The van der Waals surface area contributed by atoms with Gasteiger partial charge in [-0.1, -0.05) is 19.1 Å². The zero-order chi connectivity index (χ0) is 21.5. The average molecular weight is 428 g/mol. The molecular formula is C23H29N3O3S. The summed E-state index contributed by atoms with van der Waals surface area (Å²) in [7, 11) is -3.19. The summed E-state index contributed by atoms with van der Waals surface area (Å²) in [4.78, 5) is 0. The number of fused-ring (bicyclic) bond motifs is 1. The van der Waals surface area contributed by atoms with Crippen LogP contribution < -0.4 is 14.8 Å². The highest BCUT2D eigenvalue weighted by Gasteiger charge is 2.28. The molecule has 1 atom stereocenters. The number of benzene rings is 2. The molecule has 30 heavy (non-hydrogen) atoms. The molecule has 1 fully saturated rings. The third-order valence-electron chi connectivity index (χ3n) is 5.83. The molecule has 1 aliphatic rings. The van der Waals surface area contributed by atoms with E-state index in [1.165, 1.54) is 4.31 Å². The third-order valence-corrected chi connectivity index (χ3v) is 7.70. The molecule has 0 aliphatic carbocycles.